The first-order chi connectivity index (χ1) is 7.20. The van der Waals surface area contributed by atoms with Crippen molar-refractivity contribution >= 4 is 17.0 Å². The van der Waals surface area contributed by atoms with Gasteiger partial charge in [-0.1, -0.05) is 6.07 Å². The van der Waals surface area contributed by atoms with Crippen LogP contribution in [-0.4, -0.2) is 26.2 Å². The van der Waals surface area contributed by atoms with E-state index in [9.17, 15) is 4.79 Å². The van der Waals surface area contributed by atoms with Crippen molar-refractivity contribution < 1.29 is 15.0 Å². The van der Waals surface area contributed by atoms with Crippen molar-refractivity contribution in [1.29, 1.82) is 0 Å². The minimum atomic E-state index is -0.891. The second kappa shape index (κ2) is 3.70. The predicted octanol–water partition coefficient (Wildman–Crippen LogP) is 0.682. The molecular formula is C10H10N2O3. The molecule has 0 spiro atoms. The molecule has 0 aliphatic carbocycles. The number of aliphatic hydroxyl groups is 1. The van der Waals surface area contributed by atoms with Gasteiger partial charge in [0.15, 0.2) is 0 Å². The molecular weight excluding hydrogens is 196 g/mol. The Labute approximate surface area is 85.4 Å². The maximum Gasteiger partial charge on any atom is 0.307 e. The third-order valence-corrected chi connectivity index (χ3v) is 2.19. The molecule has 0 bridgehead atoms. The van der Waals surface area contributed by atoms with Gasteiger partial charge in [-0.25, -0.2) is 4.98 Å². The fourth-order valence-electron chi connectivity index (χ4n) is 1.59. The number of H-pyrrole nitrogens is 1. The van der Waals surface area contributed by atoms with Gasteiger partial charge >= 0.3 is 5.97 Å². The van der Waals surface area contributed by atoms with E-state index in [1.54, 1.807) is 12.1 Å². The zero-order chi connectivity index (χ0) is 10.8. The summed E-state index contributed by atoms with van der Waals surface area (Å²) in [5.41, 5.74) is 2.73. The molecule has 5 heteroatoms. The summed E-state index contributed by atoms with van der Waals surface area (Å²) < 4.78 is 0. The first-order valence-corrected chi connectivity index (χ1v) is 4.48. The molecule has 0 atom stereocenters. The molecule has 3 N–H and O–H groups in total. The molecule has 0 saturated carbocycles. The van der Waals surface area contributed by atoms with Crippen LogP contribution in [0.1, 0.15) is 11.1 Å². The van der Waals surface area contributed by atoms with E-state index in [4.69, 9.17) is 10.2 Å². The van der Waals surface area contributed by atoms with Crippen molar-refractivity contribution in [3.8, 4) is 0 Å². The Morgan fingerprint density at radius 2 is 2.27 bits per heavy atom. The van der Waals surface area contributed by atoms with Gasteiger partial charge in [0.2, 0.25) is 0 Å². The number of aliphatic carboxylic acids is 1. The van der Waals surface area contributed by atoms with Crippen LogP contribution in [0.25, 0.3) is 11.0 Å². The molecule has 78 valence electrons. The number of aromatic nitrogens is 2. The maximum atomic E-state index is 10.6. The highest BCUT2D eigenvalue weighted by molar-refractivity contribution is 5.81. The van der Waals surface area contributed by atoms with Crippen molar-refractivity contribution in [2.45, 2.75) is 13.0 Å². The molecule has 2 rings (SSSR count). The number of hydrogen-bond acceptors (Lipinski definition) is 3. The van der Waals surface area contributed by atoms with Gasteiger partial charge in [0.25, 0.3) is 0 Å². The van der Waals surface area contributed by atoms with Crippen LogP contribution >= 0.6 is 0 Å². The van der Waals surface area contributed by atoms with Crippen LogP contribution < -0.4 is 0 Å². The van der Waals surface area contributed by atoms with Gasteiger partial charge in [-0.3, -0.25) is 4.79 Å². The zero-order valence-electron chi connectivity index (χ0n) is 7.90. The normalized spacial score (nSPS) is 10.7. The number of carbonyl (C=O) groups is 1. The lowest BCUT2D eigenvalue weighted by Gasteiger charge is -2.02. The first kappa shape index (κ1) is 9.67. The average molecular weight is 206 g/mol. The SMILES string of the molecule is O=C(O)Cc1cc(CO)c2nc[nH]c2c1. The van der Waals surface area contributed by atoms with Gasteiger partial charge in [0.05, 0.1) is 30.4 Å². The van der Waals surface area contributed by atoms with E-state index >= 15 is 0 Å². The molecule has 0 amide bonds. The van der Waals surface area contributed by atoms with Crippen LogP contribution in [0.3, 0.4) is 0 Å². The van der Waals surface area contributed by atoms with Gasteiger partial charge in [-0.15, -0.1) is 0 Å². The summed E-state index contributed by atoms with van der Waals surface area (Å²) in [6.45, 7) is -0.144. The van der Waals surface area contributed by atoms with E-state index in [-0.39, 0.29) is 13.0 Å². The molecule has 0 fully saturated rings. The number of benzene rings is 1. The van der Waals surface area contributed by atoms with E-state index in [0.717, 1.165) is 5.52 Å². The van der Waals surface area contributed by atoms with Crippen molar-refractivity contribution in [3.63, 3.8) is 0 Å². The number of hydrogen-bond donors (Lipinski definition) is 3. The van der Waals surface area contributed by atoms with Gasteiger partial charge in [0, 0.05) is 5.56 Å². The Kier molecular flexibility index (Phi) is 2.39. The third kappa shape index (κ3) is 1.82. The Balaban J connectivity index is 2.53. The second-order valence-electron chi connectivity index (χ2n) is 3.28. The van der Waals surface area contributed by atoms with E-state index in [0.29, 0.717) is 16.6 Å². The third-order valence-electron chi connectivity index (χ3n) is 2.19. The van der Waals surface area contributed by atoms with Crippen LogP contribution in [0.5, 0.6) is 0 Å². The minimum Gasteiger partial charge on any atom is -0.481 e. The lowest BCUT2D eigenvalue weighted by atomic mass is 10.1. The van der Waals surface area contributed by atoms with Crippen LogP contribution in [0.15, 0.2) is 18.5 Å². The van der Waals surface area contributed by atoms with Crippen molar-refractivity contribution in [2.24, 2.45) is 0 Å². The number of rotatable bonds is 3. The maximum absolute atomic E-state index is 10.6. The molecule has 5 nitrogen and oxygen atoms in total. The predicted molar refractivity (Wildman–Crippen MR) is 53.4 cm³/mol. The largest absolute Gasteiger partial charge is 0.481 e. The number of carboxylic acid groups (broad SMARTS) is 1. The Morgan fingerprint density at radius 1 is 1.47 bits per heavy atom. The van der Waals surface area contributed by atoms with Gasteiger partial charge in [-0.2, -0.15) is 0 Å². The van der Waals surface area contributed by atoms with E-state index in [1.807, 2.05) is 0 Å². The summed E-state index contributed by atoms with van der Waals surface area (Å²) >= 11 is 0. The van der Waals surface area contributed by atoms with E-state index < -0.39 is 5.97 Å². The molecule has 0 aliphatic rings. The van der Waals surface area contributed by atoms with Gasteiger partial charge in [0.1, 0.15) is 0 Å². The molecule has 15 heavy (non-hydrogen) atoms. The Morgan fingerprint density at radius 3 is 2.93 bits per heavy atom. The second-order valence-corrected chi connectivity index (χ2v) is 3.28. The van der Waals surface area contributed by atoms with Gasteiger partial charge in [-0.05, 0) is 11.6 Å². The minimum absolute atomic E-state index is 0.0536. The fraction of sp³-hybridized carbons (Fsp3) is 0.200. The van der Waals surface area contributed by atoms with Crippen LogP contribution in [0.4, 0.5) is 0 Å². The topological polar surface area (TPSA) is 86.2 Å². The number of carboxylic acids is 1. The molecule has 1 aromatic heterocycles. The van der Waals surface area contributed by atoms with E-state index in [1.165, 1.54) is 6.33 Å². The smallest absolute Gasteiger partial charge is 0.307 e. The number of imidazole rings is 1. The highest BCUT2D eigenvalue weighted by atomic mass is 16.4. The summed E-state index contributed by atoms with van der Waals surface area (Å²) in [5, 5.41) is 17.8. The lowest BCUT2D eigenvalue weighted by Crippen LogP contribution is -2.01. The molecule has 0 saturated heterocycles. The molecule has 1 aromatic carbocycles. The molecule has 0 radical (unpaired) electrons. The quantitative estimate of drug-likeness (QED) is 0.689. The number of nitrogens with zero attached hydrogens (tertiary/aromatic N) is 1. The summed E-state index contributed by atoms with van der Waals surface area (Å²) in [6.07, 6.45) is 1.47. The summed E-state index contributed by atoms with van der Waals surface area (Å²) in [7, 11) is 0. The Hall–Kier alpha value is -1.88. The average Bonchev–Trinajstić information content (AvgIpc) is 2.63. The molecule has 0 aliphatic heterocycles. The monoisotopic (exact) mass is 206 g/mol. The number of aromatic amines is 1. The number of aliphatic hydroxyl groups excluding tert-OH is 1. The van der Waals surface area contributed by atoms with Crippen LogP contribution in [0.2, 0.25) is 0 Å². The highest BCUT2D eigenvalue weighted by Crippen LogP contribution is 2.18. The van der Waals surface area contributed by atoms with E-state index in [2.05, 4.69) is 9.97 Å². The molecule has 2 aromatic rings. The van der Waals surface area contributed by atoms with Crippen molar-refractivity contribution in [2.75, 3.05) is 0 Å². The zero-order valence-corrected chi connectivity index (χ0v) is 7.90. The molecule has 1 heterocycles. The summed E-state index contributed by atoms with van der Waals surface area (Å²) in [5.74, 6) is -0.891. The first-order valence-electron chi connectivity index (χ1n) is 4.48. The van der Waals surface area contributed by atoms with Crippen molar-refractivity contribution in [1.82, 2.24) is 9.97 Å². The summed E-state index contributed by atoms with van der Waals surface area (Å²) in [4.78, 5) is 17.5. The van der Waals surface area contributed by atoms with Crippen LogP contribution in [0, 0.1) is 0 Å². The number of nitrogens with one attached hydrogen (secondary N) is 1. The van der Waals surface area contributed by atoms with Crippen molar-refractivity contribution in [3.05, 3.63) is 29.6 Å². The van der Waals surface area contributed by atoms with Crippen LogP contribution in [-0.2, 0) is 17.8 Å². The fourth-order valence-corrected chi connectivity index (χ4v) is 1.59. The summed E-state index contributed by atoms with van der Waals surface area (Å²) in [6, 6.07) is 3.40. The highest BCUT2D eigenvalue weighted by Gasteiger charge is 2.07. The molecule has 0 unspecified atom stereocenters. The standard InChI is InChI=1S/C10H10N2O3/c13-4-7-1-6(3-9(14)15)2-8-10(7)12-5-11-8/h1-2,5,13H,3-4H2,(H,11,12)(H,14,15). The Bertz CT molecular complexity index is 504. The lowest BCUT2D eigenvalue weighted by molar-refractivity contribution is -0.136. The van der Waals surface area contributed by atoms with Gasteiger partial charge < -0.3 is 15.2 Å². The number of fused-ring (bicyclic) bond motifs is 1.